The maximum Gasteiger partial charge on any atom is 0.240 e. The number of benzene rings is 1. The molecule has 2 N–H and O–H groups in total. The van der Waals surface area contributed by atoms with Crippen molar-refractivity contribution in [3.8, 4) is 0 Å². The van der Waals surface area contributed by atoms with Crippen LogP contribution in [-0.4, -0.2) is 55.7 Å². The highest BCUT2D eigenvalue weighted by Crippen LogP contribution is 2.26. The number of hydrogen-bond donors (Lipinski definition) is 2. The van der Waals surface area contributed by atoms with Gasteiger partial charge in [-0.05, 0) is 38.8 Å². The number of imidazole rings is 1. The molecule has 0 saturated carbocycles. The average molecular weight is 400 g/mol. The van der Waals surface area contributed by atoms with Gasteiger partial charge in [0.2, 0.25) is 5.91 Å². The first-order valence-corrected chi connectivity index (χ1v) is 10.3. The summed E-state index contributed by atoms with van der Waals surface area (Å²) in [7, 11) is 0. The Morgan fingerprint density at radius 1 is 1.29 bits per heavy atom. The normalized spacial score (nSPS) is 17.1. The molecule has 0 bridgehead atoms. The molecule has 1 amide bonds. The Balaban J connectivity index is 1.31. The Bertz CT molecular complexity index is 968. The highest BCUT2D eigenvalue weighted by Gasteiger charge is 2.33. The number of amides is 1. The number of aryl methyl sites for hydroxylation is 2. The lowest BCUT2D eigenvalue weighted by Crippen LogP contribution is -2.48. The fourth-order valence-electron chi connectivity index (χ4n) is 3.63. The van der Waals surface area contributed by atoms with E-state index in [0.717, 1.165) is 21.6 Å². The van der Waals surface area contributed by atoms with E-state index < -0.39 is 5.60 Å². The fourth-order valence-corrected chi connectivity index (χ4v) is 4.46. The van der Waals surface area contributed by atoms with Gasteiger partial charge in [0.05, 0.1) is 41.7 Å². The third-order valence-corrected chi connectivity index (χ3v) is 6.41. The number of aliphatic hydroxyl groups is 1. The summed E-state index contributed by atoms with van der Waals surface area (Å²) in [6.45, 7) is 6.15. The van der Waals surface area contributed by atoms with E-state index in [1.807, 2.05) is 42.7 Å². The van der Waals surface area contributed by atoms with E-state index in [1.54, 1.807) is 6.33 Å². The van der Waals surface area contributed by atoms with Gasteiger partial charge in [-0.1, -0.05) is 12.1 Å². The van der Waals surface area contributed by atoms with Gasteiger partial charge >= 0.3 is 0 Å². The van der Waals surface area contributed by atoms with Crippen LogP contribution in [0, 0.1) is 13.8 Å². The standard InChI is InChI=1S/C20H25N5O2S/c1-14-15(2)28-19(22-14)23-18(26)11-24-9-7-20(27,8-10-24)12-25-13-21-16-5-3-4-6-17(16)25/h3-6,13,27H,7-12H2,1-2H3,(H,22,23,26). The lowest BCUT2D eigenvalue weighted by molar-refractivity contribution is -0.118. The number of piperidine rings is 1. The molecular formula is C20H25N5O2S. The summed E-state index contributed by atoms with van der Waals surface area (Å²) in [6.07, 6.45) is 3.05. The van der Waals surface area contributed by atoms with E-state index in [2.05, 4.69) is 20.2 Å². The number of nitrogens with zero attached hydrogens (tertiary/aromatic N) is 4. The van der Waals surface area contributed by atoms with Gasteiger partial charge < -0.3 is 15.0 Å². The molecule has 3 aromatic rings. The number of thiazole rings is 1. The molecule has 1 fully saturated rings. The Morgan fingerprint density at radius 3 is 2.75 bits per heavy atom. The van der Waals surface area contributed by atoms with Crippen molar-refractivity contribution in [1.29, 1.82) is 0 Å². The Morgan fingerprint density at radius 2 is 2.04 bits per heavy atom. The number of carbonyl (C=O) groups excluding carboxylic acids is 1. The second-order valence-corrected chi connectivity index (χ2v) is 8.77. The second-order valence-electron chi connectivity index (χ2n) is 7.57. The largest absolute Gasteiger partial charge is 0.388 e. The molecule has 0 radical (unpaired) electrons. The first kappa shape index (κ1) is 19.0. The molecule has 7 nitrogen and oxygen atoms in total. The quantitative estimate of drug-likeness (QED) is 0.689. The maximum absolute atomic E-state index is 12.3. The zero-order chi connectivity index (χ0) is 19.7. The van der Waals surface area contributed by atoms with Crippen LogP contribution >= 0.6 is 11.3 Å². The molecule has 3 heterocycles. The van der Waals surface area contributed by atoms with Crippen LogP contribution in [0.15, 0.2) is 30.6 Å². The number of nitrogens with one attached hydrogen (secondary N) is 1. The van der Waals surface area contributed by atoms with E-state index in [0.29, 0.717) is 44.2 Å². The van der Waals surface area contributed by atoms with Gasteiger partial charge in [-0.2, -0.15) is 0 Å². The van der Waals surface area contributed by atoms with Crippen LogP contribution in [0.3, 0.4) is 0 Å². The zero-order valence-corrected chi connectivity index (χ0v) is 17.0. The average Bonchev–Trinajstić information content (AvgIpc) is 3.20. The van der Waals surface area contributed by atoms with Gasteiger partial charge in [0.15, 0.2) is 5.13 Å². The number of carbonyl (C=O) groups is 1. The van der Waals surface area contributed by atoms with E-state index in [9.17, 15) is 9.90 Å². The van der Waals surface area contributed by atoms with E-state index in [4.69, 9.17) is 0 Å². The predicted molar refractivity (Wildman–Crippen MR) is 111 cm³/mol. The monoisotopic (exact) mass is 399 g/mol. The van der Waals surface area contributed by atoms with Crippen molar-refractivity contribution in [2.45, 2.75) is 38.8 Å². The second kappa shape index (κ2) is 7.62. The summed E-state index contributed by atoms with van der Waals surface area (Å²) in [5.41, 5.74) is 2.15. The summed E-state index contributed by atoms with van der Waals surface area (Å²) >= 11 is 1.50. The minimum absolute atomic E-state index is 0.0557. The van der Waals surface area contributed by atoms with Crippen LogP contribution in [0.4, 0.5) is 5.13 Å². The Kier molecular flexibility index (Phi) is 5.18. The molecule has 0 unspecified atom stereocenters. The Hall–Kier alpha value is -2.29. The Labute approximate surface area is 168 Å². The molecular weight excluding hydrogens is 374 g/mol. The van der Waals surface area contributed by atoms with Crippen molar-refractivity contribution in [1.82, 2.24) is 19.4 Å². The zero-order valence-electron chi connectivity index (χ0n) is 16.2. The molecule has 1 aliphatic rings. The number of para-hydroxylation sites is 2. The van der Waals surface area contributed by atoms with Crippen molar-refractivity contribution in [2.24, 2.45) is 0 Å². The van der Waals surface area contributed by atoms with Gasteiger partial charge in [-0.15, -0.1) is 11.3 Å². The summed E-state index contributed by atoms with van der Waals surface area (Å²) in [5.74, 6) is -0.0557. The van der Waals surface area contributed by atoms with E-state index in [1.165, 1.54) is 11.3 Å². The topological polar surface area (TPSA) is 83.3 Å². The van der Waals surface area contributed by atoms with Crippen LogP contribution in [0.1, 0.15) is 23.4 Å². The molecule has 1 aromatic carbocycles. The van der Waals surface area contributed by atoms with Gasteiger partial charge in [-0.25, -0.2) is 9.97 Å². The molecule has 0 atom stereocenters. The predicted octanol–water partition coefficient (Wildman–Crippen LogP) is 2.58. The number of aromatic nitrogens is 3. The first-order chi connectivity index (χ1) is 13.4. The van der Waals surface area contributed by atoms with Crippen LogP contribution in [0.2, 0.25) is 0 Å². The number of hydrogen-bond acceptors (Lipinski definition) is 6. The van der Waals surface area contributed by atoms with Gasteiger partial charge in [-0.3, -0.25) is 9.69 Å². The van der Waals surface area contributed by atoms with Gasteiger partial charge in [0, 0.05) is 18.0 Å². The third-order valence-electron chi connectivity index (χ3n) is 5.42. The number of likely N-dealkylation sites (tertiary alicyclic amines) is 1. The highest BCUT2D eigenvalue weighted by atomic mass is 32.1. The molecule has 28 heavy (non-hydrogen) atoms. The molecule has 4 rings (SSSR count). The molecule has 8 heteroatoms. The lowest BCUT2D eigenvalue weighted by Gasteiger charge is -2.38. The van der Waals surface area contributed by atoms with E-state index in [-0.39, 0.29) is 5.91 Å². The molecule has 1 saturated heterocycles. The first-order valence-electron chi connectivity index (χ1n) is 9.50. The summed E-state index contributed by atoms with van der Waals surface area (Å²) in [6, 6.07) is 7.94. The van der Waals surface area contributed by atoms with Crippen molar-refractivity contribution in [3.05, 3.63) is 41.2 Å². The molecule has 148 valence electrons. The van der Waals surface area contributed by atoms with Crippen LogP contribution in [0.5, 0.6) is 0 Å². The van der Waals surface area contributed by atoms with Crippen LogP contribution in [0.25, 0.3) is 11.0 Å². The number of rotatable bonds is 5. The smallest absolute Gasteiger partial charge is 0.240 e. The van der Waals surface area contributed by atoms with Crippen molar-refractivity contribution >= 4 is 33.4 Å². The number of anilines is 1. The number of fused-ring (bicyclic) bond motifs is 1. The van der Waals surface area contributed by atoms with Crippen LogP contribution in [-0.2, 0) is 11.3 Å². The molecule has 0 aliphatic carbocycles. The van der Waals surface area contributed by atoms with Crippen molar-refractivity contribution in [3.63, 3.8) is 0 Å². The lowest BCUT2D eigenvalue weighted by atomic mass is 9.91. The third kappa shape index (κ3) is 4.09. The van der Waals surface area contributed by atoms with E-state index >= 15 is 0 Å². The van der Waals surface area contributed by atoms with Crippen LogP contribution < -0.4 is 5.32 Å². The van der Waals surface area contributed by atoms with Gasteiger partial charge in [0.1, 0.15) is 0 Å². The molecule has 2 aromatic heterocycles. The van der Waals surface area contributed by atoms with Gasteiger partial charge in [0.25, 0.3) is 0 Å². The minimum atomic E-state index is -0.778. The maximum atomic E-state index is 12.3. The summed E-state index contributed by atoms with van der Waals surface area (Å²) in [5, 5.41) is 14.6. The molecule has 0 spiro atoms. The van der Waals surface area contributed by atoms with Crippen molar-refractivity contribution in [2.75, 3.05) is 25.0 Å². The summed E-state index contributed by atoms with van der Waals surface area (Å²) in [4.78, 5) is 24.3. The van der Waals surface area contributed by atoms with Crippen molar-refractivity contribution < 1.29 is 9.90 Å². The fraction of sp³-hybridized carbons (Fsp3) is 0.450. The highest BCUT2D eigenvalue weighted by molar-refractivity contribution is 7.15. The summed E-state index contributed by atoms with van der Waals surface area (Å²) < 4.78 is 2.02. The molecule has 1 aliphatic heterocycles. The SMILES string of the molecule is Cc1nc(NC(=O)CN2CCC(O)(Cn3cnc4ccccc43)CC2)sc1C. The minimum Gasteiger partial charge on any atom is -0.388 e.